The number of aromatic amines is 1. The van der Waals surface area contributed by atoms with E-state index in [0.29, 0.717) is 36.2 Å². The van der Waals surface area contributed by atoms with E-state index in [1.165, 1.54) is 6.07 Å². The Hall–Kier alpha value is -2.84. The molecule has 0 radical (unpaired) electrons. The summed E-state index contributed by atoms with van der Waals surface area (Å²) in [5.41, 5.74) is 2.31. The van der Waals surface area contributed by atoms with Crippen LogP contribution >= 0.6 is 0 Å². The first kappa shape index (κ1) is 19.1. The zero-order chi connectivity index (χ0) is 20.7. The highest BCUT2D eigenvalue weighted by Gasteiger charge is 2.24. The van der Waals surface area contributed by atoms with Crippen molar-refractivity contribution in [3.8, 4) is 11.1 Å². The highest BCUT2D eigenvalue weighted by molar-refractivity contribution is 6.05. The molecule has 3 aromatic rings. The summed E-state index contributed by atoms with van der Waals surface area (Å²) >= 11 is 0. The maximum atomic E-state index is 14.7. The van der Waals surface area contributed by atoms with Crippen molar-refractivity contribution in [3.63, 3.8) is 0 Å². The minimum Gasteiger partial charge on any atom is -0.377 e. The Balaban J connectivity index is 1.49. The maximum Gasteiger partial charge on any atom is 0.272 e. The van der Waals surface area contributed by atoms with Gasteiger partial charge in [0.25, 0.3) is 5.91 Å². The van der Waals surface area contributed by atoms with Crippen LogP contribution in [0.4, 0.5) is 8.78 Å². The number of carbonyl (C=O) groups excluding carboxylic acids is 1. The van der Waals surface area contributed by atoms with E-state index < -0.39 is 11.6 Å². The van der Waals surface area contributed by atoms with Crippen molar-refractivity contribution >= 4 is 16.8 Å². The Kier molecular flexibility index (Phi) is 4.96. The summed E-state index contributed by atoms with van der Waals surface area (Å²) in [5.74, 6) is -2.07. The predicted octanol–water partition coefficient (Wildman–Crippen LogP) is 3.23. The lowest BCUT2D eigenvalue weighted by molar-refractivity contribution is -0.00352. The van der Waals surface area contributed by atoms with Gasteiger partial charge in [0.1, 0.15) is 0 Å². The standard InChI is InChI=1S/C22H22F2N4O2/c23-18-8-13(10-28-5-1-2-6-28)7-16(20(18)24)14-3-4-19-17(9-14)21(27-26-19)22(29)25-15-11-30-12-15/h3-4,7-9,15H,1-2,5-6,10-12H2,(H,25,29)(H,26,27). The number of aromatic nitrogens is 2. The lowest BCUT2D eigenvalue weighted by atomic mass is 9.99. The molecule has 3 heterocycles. The fraction of sp³-hybridized carbons (Fsp3) is 0.364. The number of halogens is 2. The van der Waals surface area contributed by atoms with Gasteiger partial charge in [0.05, 0.1) is 24.8 Å². The molecule has 156 valence electrons. The van der Waals surface area contributed by atoms with E-state index in [2.05, 4.69) is 20.4 Å². The molecule has 2 fully saturated rings. The summed E-state index contributed by atoms with van der Waals surface area (Å²) in [4.78, 5) is 14.8. The van der Waals surface area contributed by atoms with E-state index in [1.807, 2.05) is 0 Å². The highest BCUT2D eigenvalue weighted by Crippen LogP contribution is 2.30. The van der Waals surface area contributed by atoms with Crippen LogP contribution in [0, 0.1) is 11.6 Å². The van der Waals surface area contributed by atoms with Crippen LogP contribution in [0.3, 0.4) is 0 Å². The molecule has 2 aromatic carbocycles. The van der Waals surface area contributed by atoms with E-state index in [-0.39, 0.29) is 23.2 Å². The molecule has 0 bridgehead atoms. The Morgan fingerprint density at radius 2 is 2.00 bits per heavy atom. The van der Waals surface area contributed by atoms with Gasteiger partial charge in [-0.2, -0.15) is 5.10 Å². The third-order valence-electron chi connectivity index (χ3n) is 5.76. The molecular formula is C22H22F2N4O2. The molecule has 2 N–H and O–H groups in total. The first-order valence-electron chi connectivity index (χ1n) is 10.2. The maximum absolute atomic E-state index is 14.7. The molecular weight excluding hydrogens is 390 g/mol. The van der Waals surface area contributed by atoms with E-state index in [0.717, 1.165) is 31.5 Å². The van der Waals surface area contributed by atoms with Gasteiger partial charge < -0.3 is 10.1 Å². The number of likely N-dealkylation sites (tertiary alicyclic amines) is 1. The monoisotopic (exact) mass is 412 g/mol. The number of benzene rings is 2. The smallest absolute Gasteiger partial charge is 0.272 e. The van der Waals surface area contributed by atoms with Crippen molar-refractivity contribution in [2.24, 2.45) is 0 Å². The van der Waals surface area contributed by atoms with Gasteiger partial charge in [-0.1, -0.05) is 6.07 Å². The molecule has 5 rings (SSSR count). The summed E-state index contributed by atoms with van der Waals surface area (Å²) in [5, 5.41) is 10.4. The van der Waals surface area contributed by atoms with E-state index in [4.69, 9.17) is 4.74 Å². The molecule has 2 saturated heterocycles. The van der Waals surface area contributed by atoms with Gasteiger partial charge in [-0.25, -0.2) is 8.78 Å². The molecule has 8 heteroatoms. The van der Waals surface area contributed by atoms with Crippen molar-refractivity contribution in [2.45, 2.75) is 25.4 Å². The number of carbonyl (C=O) groups is 1. The topological polar surface area (TPSA) is 70.2 Å². The van der Waals surface area contributed by atoms with Crippen LogP contribution in [0.15, 0.2) is 30.3 Å². The van der Waals surface area contributed by atoms with Crippen molar-refractivity contribution in [2.75, 3.05) is 26.3 Å². The average molecular weight is 412 g/mol. The van der Waals surface area contributed by atoms with Crippen LogP contribution in [0.1, 0.15) is 28.9 Å². The van der Waals surface area contributed by atoms with E-state index in [9.17, 15) is 13.6 Å². The summed E-state index contributed by atoms with van der Waals surface area (Å²) in [6, 6.07) is 8.06. The Bertz CT molecular complexity index is 1100. The lowest BCUT2D eigenvalue weighted by Crippen LogP contribution is -2.48. The van der Waals surface area contributed by atoms with Crippen LogP contribution < -0.4 is 5.32 Å². The number of ether oxygens (including phenoxy) is 1. The third kappa shape index (κ3) is 3.57. The van der Waals surface area contributed by atoms with Crippen LogP contribution in [-0.4, -0.2) is 53.3 Å². The predicted molar refractivity (Wildman–Crippen MR) is 108 cm³/mol. The SMILES string of the molecule is O=C(NC1COC1)c1n[nH]c2ccc(-c3cc(CN4CCCC4)cc(F)c3F)cc12. The van der Waals surface area contributed by atoms with Crippen molar-refractivity contribution in [3.05, 3.63) is 53.2 Å². The van der Waals surface area contributed by atoms with Crippen molar-refractivity contribution in [1.29, 1.82) is 0 Å². The molecule has 0 aliphatic carbocycles. The van der Waals surface area contributed by atoms with Crippen molar-refractivity contribution < 1.29 is 18.3 Å². The second-order valence-corrected chi connectivity index (χ2v) is 7.96. The molecule has 0 saturated carbocycles. The van der Waals surface area contributed by atoms with Gasteiger partial charge in [0.15, 0.2) is 17.3 Å². The number of rotatable bonds is 5. The summed E-state index contributed by atoms with van der Waals surface area (Å²) in [6.07, 6.45) is 2.26. The fourth-order valence-electron chi connectivity index (χ4n) is 4.07. The number of nitrogens with zero attached hydrogens (tertiary/aromatic N) is 2. The van der Waals surface area contributed by atoms with Crippen molar-refractivity contribution in [1.82, 2.24) is 20.4 Å². The molecule has 1 aromatic heterocycles. The van der Waals surface area contributed by atoms with Gasteiger partial charge in [-0.05, 0) is 61.3 Å². The highest BCUT2D eigenvalue weighted by atomic mass is 19.2. The molecule has 0 spiro atoms. The van der Waals surface area contributed by atoms with Crippen LogP contribution in [0.5, 0.6) is 0 Å². The first-order valence-corrected chi connectivity index (χ1v) is 10.2. The number of amides is 1. The fourth-order valence-corrected chi connectivity index (χ4v) is 4.07. The number of hydrogen-bond acceptors (Lipinski definition) is 4. The average Bonchev–Trinajstić information content (AvgIpc) is 3.36. The van der Waals surface area contributed by atoms with Crippen LogP contribution in [-0.2, 0) is 11.3 Å². The number of hydrogen-bond donors (Lipinski definition) is 2. The molecule has 30 heavy (non-hydrogen) atoms. The second kappa shape index (κ2) is 7.77. The molecule has 6 nitrogen and oxygen atoms in total. The van der Waals surface area contributed by atoms with Gasteiger partial charge >= 0.3 is 0 Å². The normalized spacial score (nSPS) is 17.4. The molecule has 0 atom stereocenters. The van der Waals surface area contributed by atoms with Crippen LogP contribution in [0.2, 0.25) is 0 Å². The van der Waals surface area contributed by atoms with E-state index >= 15 is 0 Å². The minimum absolute atomic E-state index is 0.0266. The number of fused-ring (bicyclic) bond motifs is 1. The minimum atomic E-state index is -0.888. The Labute approximate surface area is 172 Å². The largest absolute Gasteiger partial charge is 0.377 e. The lowest BCUT2D eigenvalue weighted by Gasteiger charge is -2.26. The Morgan fingerprint density at radius 1 is 1.20 bits per heavy atom. The van der Waals surface area contributed by atoms with Gasteiger partial charge in [0, 0.05) is 17.5 Å². The summed E-state index contributed by atoms with van der Waals surface area (Å²) < 4.78 is 34.1. The summed E-state index contributed by atoms with van der Waals surface area (Å²) in [7, 11) is 0. The zero-order valence-electron chi connectivity index (χ0n) is 16.4. The van der Waals surface area contributed by atoms with E-state index in [1.54, 1.807) is 24.3 Å². The van der Waals surface area contributed by atoms with Gasteiger partial charge in [-0.15, -0.1) is 0 Å². The first-order chi connectivity index (χ1) is 14.6. The zero-order valence-corrected chi connectivity index (χ0v) is 16.4. The Morgan fingerprint density at radius 3 is 2.73 bits per heavy atom. The van der Waals surface area contributed by atoms with Crippen LogP contribution in [0.25, 0.3) is 22.0 Å². The molecule has 2 aliphatic heterocycles. The number of nitrogens with one attached hydrogen (secondary N) is 2. The molecule has 2 aliphatic rings. The summed E-state index contributed by atoms with van der Waals surface area (Å²) in [6.45, 7) is 3.50. The molecule has 0 unspecified atom stereocenters. The van der Waals surface area contributed by atoms with Gasteiger partial charge in [-0.3, -0.25) is 14.8 Å². The number of H-pyrrole nitrogens is 1. The van der Waals surface area contributed by atoms with Gasteiger partial charge in [0.2, 0.25) is 0 Å². The second-order valence-electron chi connectivity index (χ2n) is 7.96. The molecule has 1 amide bonds. The third-order valence-corrected chi connectivity index (χ3v) is 5.76. The quantitative estimate of drug-likeness (QED) is 0.675.